The number of rotatable bonds is 3. The van der Waals surface area contributed by atoms with Crippen molar-refractivity contribution < 1.29 is 0 Å². The summed E-state index contributed by atoms with van der Waals surface area (Å²) in [5.74, 6) is 2.44. The zero-order valence-corrected chi connectivity index (χ0v) is 8.32. The molecule has 0 saturated carbocycles. The van der Waals surface area contributed by atoms with Gasteiger partial charge in [0, 0.05) is 25.0 Å². The molecule has 1 radical (unpaired) electrons. The third-order valence-electron chi connectivity index (χ3n) is 1.79. The van der Waals surface area contributed by atoms with Crippen LogP contribution in [0.15, 0.2) is 0 Å². The van der Waals surface area contributed by atoms with Gasteiger partial charge in [-0.2, -0.15) is 0 Å². The maximum atomic E-state index is 3.49. The molecule has 0 unspecified atom stereocenters. The highest BCUT2D eigenvalue weighted by molar-refractivity contribution is 9.09. The van der Waals surface area contributed by atoms with Gasteiger partial charge in [0.25, 0.3) is 0 Å². The number of likely N-dealkylation sites (tertiary alicyclic amines) is 1. The molecule has 0 amide bonds. The van der Waals surface area contributed by atoms with Crippen molar-refractivity contribution in [1.82, 2.24) is 4.90 Å². The SMILES string of the molecule is C[C](C)CN1CC(CBr)C1. The molecule has 1 saturated heterocycles. The van der Waals surface area contributed by atoms with Crippen molar-refractivity contribution in [2.75, 3.05) is 25.0 Å². The fourth-order valence-electron chi connectivity index (χ4n) is 1.35. The Kier molecular flexibility index (Phi) is 3.18. The van der Waals surface area contributed by atoms with E-state index < -0.39 is 0 Å². The van der Waals surface area contributed by atoms with Crippen LogP contribution in [0.5, 0.6) is 0 Å². The Morgan fingerprint density at radius 3 is 2.50 bits per heavy atom. The molecule has 0 aliphatic carbocycles. The van der Waals surface area contributed by atoms with E-state index in [2.05, 4.69) is 34.7 Å². The number of halogens is 1. The van der Waals surface area contributed by atoms with E-state index in [1.165, 1.54) is 30.9 Å². The minimum Gasteiger partial charge on any atom is -0.302 e. The van der Waals surface area contributed by atoms with Crippen LogP contribution < -0.4 is 0 Å². The second kappa shape index (κ2) is 3.72. The summed E-state index contributed by atoms with van der Waals surface area (Å²) in [6.45, 7) is 8.17. The van der Waals surface area contributed by atoms with Gasteiger partial charge >= 0.3 is 0 Å². The zero-order chi connectivity index (χ0) is 7.56. The predicted octanol–water partition coefficient (Wildman–Crippen LogP) is 1.93. The molecule has 0 spiro atoms. The molecule has 2 heteroatoms. The summed E-state index contributed by atoms with van der Waals surface area (Å²) < 4.78 is 0. The zero-order valence-electron chi connectivity index (χ0n) is 6.73. The minimum absolute atomic E-state index is 0.916. The molecule has 0 atom stereocenters. The molecule has 1 aliphatic rings. The highest BCUT2D eigenvalue weighted by Crippen LogP contribution is 2.18. The summed E-state index contributed by atoms with van der Waals surface area (Å²) in [4.78, 5) is 2.49. The van der Waals surface area contributed by atoms with E-state index in [0.717, 1.165) is 5.92 Å². The van der Waals surface area contributed by atoms with Crippen molar-refractivity contribution >= 4 is 15.9 Å². The number of hydrogen-bond acceptors (Lipinski definition) is 1. The van der Waals surface area contributed by atoms with E-state index >= 15 is 0 Å². The van der Waals surface area contributed by atoms with Gasteiger partial charge < -0.3 is 4.90 Å². The van der Waals surface area contributed by atoms with Crippen LogP contribution in [0.2, 0.25) is 0 Å². The van der Waals surface area contributed by atoms with Gasteiger partial charge in [-0.1, -0.05) is 29.8 Å². The number of hydrogen-bond donors (Lipinski definition) is 0. The van der Waals surface area contributed by atoms with E-state index in [0.29, 0.717) is 0 Å². The molecule has 0 aromatic heterocycles. The minimum atomic E-state index is 0.916. The molecule has 0 bridgehead atoms. The highest BCUT2D eigenvalue weighted by atomic mass is 79.9. The average molecular weight is 205 g/mol. The van der Waals surface area contributed by atoms with E-state index in [-0.39, 0.29) is 0 Å². The summed E-state index contributed by atoms with van der Waals surface area (Å²) in [5, 5.41) is 1.17. The Labute approximate surface area is 71.9 Å². The van der Waals surface area contributed by atoms with Gasteiger partial charge in [-0.3, -0.25) is 0 Å². The van der Waals surface area contributed by atoms with Gasteiger partial charge in [-0.25, -0.2) is 0 Å². The number of nitrogens with zero attached hydrogens (tertiary/aromatic N) is 1. The fourth-order valence-corrected chi connectivity index (χ4v) is 1.76. The molecule has 1 aliphatic heterocycles. The second-order valence-electron chi connectivity index (χ2n) is 3.42. The molecule has 1 nitrogen and oxygen atoms in total. The molecule has 59 valence electrons. The summed E-state index contributed by atoms with van der Waals surface area (Å²) in [6, 6.07) is 0. The van der Waals surface area contributed by atoms with Gasteiger partial charge in [0.1, 0.15) is 0 Å². The fraction of sp³-hybridized carbons (Fsp3) is 0.875. The van der Waals surface area contributed by atoms with Crippen LogP contribution >= 0.6 is 15.9 Å². The van der Waals surface area contributed by atoms with Crippen LogP contribution in [-0.4, -0.2) is 29.9 Å². The van der Waals surface area contributed by atoms with Crippen molar-refractivity contribution in [3.63, 3.8) is 0 Å². The molecule has 10 heavy (non-hydrogen) atoms. The van der Waals surface area contributed by atoms with Crippen LogP contribution in [-0.2, 0) is 0 Å². The monoisotopic (exact) mass is 204 g/mol. The summed E-state index contributed by atoms with van der Waals surface area (Å²) in [6.07, 6.45) is 0. The first-order valence-corrected chi connectivity index (χ1v) is 4.92. The first-order valence-electron chi connectivity index (χ1n) is 3.79. The topological polar surface area (TPSA) is 3.24 Å². The summed E-state index contributed by atoms with van der Waals surface area (Å²) >= 11 is 3.49. The smallest absolute Gasteiger partial charge is 0.00841 e. The van der Waals surface area contributed by atoms with Crippen molar-refractivity contribution in [2.24, 2.45) is 5.92 Å². The van der Waals surface area contributed by atoms with Crippen molar-refractivity contribution in [3.8, 4) is 0 Å². The van der Waals surface area contributed by atoms with Crippen molar-refractivity contribution in [3.05, 3.63) is 5.92 Å². The van der Waals surface area contributed by atoms with Gasteiger partial charge in [-0.05, 0) is 11.8 Å². The summed E-state index contributed by atoms with van der Waals surface area (Å²) in [7, 11) is 0. The van der Waals surface area contributed by atoms with Crippen LogP contribution in [0.4, 0.5) is 0 Å². The largest absolute Gasteiger partial charge is 0.302 e. The van der Waals surface area contributed by atoms with Crippen molar-refractivity contribution in [1.29, 1.82) is 0 Å². The van der Waals surface area contributed by atoms with E-state index in [4.69, 9.17) is 0 Å². The van der Waals surface area contributed by atoms with Gasteiger partial charge in [0.2, 0.25) is 0 Å². The Balaban J connectivity index is 2.03. The van der Waals surface area contributed by atoms with Gasteiger partial charge in [0.05, 0.1) is 0 Å². The Morgan fingerprint density at radius 2 is 2.10 bits per heavy atom. The standard InChI is InChI=1S/C8H15BrN/c1-7(2)4-10-5-8(3-9)6-10/h8H,3-6H2,1-2H3. The first-order chi connectivity index (χ1) is 4.72. The summed E-state index contributed by atoms with van der Waals surface area (Å²) in [5.41, 5.74) is 0. The molecular weight excluding hydrogens is 190 g/mol. The van der Waals surface area contributed by atoms with Gasteiger partial charge in [-0.15, -0.1) is 0 Å². The third kappa shape index (κ3) is 2.24. The van der Waals surface area contributed by atoms with Crippen LogP contribution in [0.25, 0.3) is 0 Å². The van der Waals surface area contributed by atoms with Gasteiger partial charge in [0.15, 0.2) is 0 Å². The van der Waals surface area contributed by atoms with Crippen LogP contribution in [0, 0.1) is 11.8 Å². The Bertz CT molecular complexity index is 97.4. The lowest BCUT2D eigenvalue weighted by Crippen LogP contribution is -2.48. The molecule has 0 aromatic rings. The molecule has 1 rings (SSSR count). The second-order valence-corrected chi connectivity index (χ2v) is 4.07. The molecule has 1 heterocycles. The first kappa shape index (κ1) is 8.54. The number of alkyl halides is 1. The lowest BCUT2D eigenvalue weighted by molar-refractivity contribution is 0.123. The maximum absolute atomic E-state index is 3.49. The van der Waals surface area contributed by atoms with E-state index in [9.17, 15) is 0 Å². The van der Waals surface area contributed by atoms with Crippen molar-refractivity contribution in [2.45, 2.75) is 13.8 Å². The normalized spacial score (nSPS) is 21.6. The molecule has 0 aromatic carbocycles. The molecular formula is C8H15BrN. The highest BCUT2D eigenvalue weighted by Gasteiger charge is 2.25. The maximum Gasteiger partial charge on any atom is 0.00841 e. The lowest BCUT2D eigenvalue weighted by atomic mass is 10.0. The molecule has 1 fully saturated rings. The molecule has 0 N–H and O–H groups in total. The lowest BCUT2D eigenvalue weighted by Gasteiger charge is -2.39. The quantitative estimate of drug-likeness (QED) is 0.636. The Morgan fingerprint density at radius 1 is 1.50 bits per heavy atom. The average Bonchev–Trinajstić information content (AvgIpc) is 1.76. The third-order valence-corrected chi connectivity index (χ3v) is 2.71. The van der Waals surface area contributed by atoms with Crippen LogP contribution in [0.1, 0.15) is 13.8 Å². The predicted molar refractivity (Wildman–Crippen MR) is 48.3 cm³/mol. The van der Waals surface area contributed by atoms with Crippen LogP contribution in [0.3, 0.4) is 0 Å². The van der Waals surface area contributed by atoms with E-state index in [1.54, 1.807) is 0 Å². The van der Waals surface area contributed by atoms with E-state index in [1.807, 2.05) is 0 Å². The Hall–Kier alpha value is 0.440.